The Kier molecular flexibility index (Phi) is 4.23. The number of nitrogens with one attached hydrogen (secondary N) is 1. The predicted molar refractivity (Wildman–Crippen MR) is 107 cm³/mol. The highest BCUT2D eigenvalue weighted by atomic mass is 19.2. The Balaban J connectivity index is 1.45. The normalized spacial score (nSPS) is 20.5. The lowest BCUT2D eigenvalue weighted by Gasteiger charge is -2.11. The Morgan fingerprint density at radius 1 is 1.14 bits per heavy atom. The van der Waals surface area contributed by atoms with Gasteiger partial charge in [-0.1, -0.05) is 24.3 Å². The number of aryl methyl sites for hydroxylation is 1. The monoisotopic (exact) mass is 393 g/mol. The first kappa shape index (κ1) is 18.0. The van der Waals surface area contributed by atoms with Gasteiger partial charge in [-0.05, 0) is 60.8 Å². The molecule has 0 spiro atoms. The van der Waals surface area contributed by atoms with E-state index in [1.165, 1.54) is 42.3 Å². The molecule has 2 aliphatic rings. The number of para-hydroxylation sites is 1. The van der Waals surface area contributed by atoms with Crippen LogP contribution in [0.1, 0.15) is 41.1 Å². The lowest BCUT2D eigenvalue weighted by molar-refractivity contribution is 0.102. The van der Waals surface area contributed by atoms with E-state index < -0.39 is 11.6 Å². The maximum absolute atomic E-state index is 14.3. The molecule has 148 valence electrons. The summed E-state index contributed by atoms with van der Waals surface area (Å²) >= 11 is 0. The molecule has 4 nitrogen and oxygen atoms in total. The van der Waals surface area contributed by atoms with E-state index >= 15 is 0 Å². The zero-order valence-corrected chi connectivity index (χ0v) is 16.0. The topological polar surface area (TPSA) is 46.9 Å². The summed E-state index contributed by atoms with van der Waals surface area (Å²) < 4.78 is 29.4. The van der Waals surface area contributed by atoms with Gasteiger partial charge >= 0.3 is 0 Å². The third kappa shape index (κ3) is 3.33. The van der Waals surface area contributed by atoms with Crippen LogP contribution in [0.15, 0.2) is 48.7 Å². The van der Waals surface area contributed by atoms with Crippen molar-refractivity contribution in [3.05, 3.63) is 71.4 Å². The second kappa shape index (κ2) is 6.79. The van der Waals surface area contributed by atoms with Gasteiger partial charge in [-0.15, -0.1) is 0 Å². The largest absolute Gasteiger partial charge is 0.322 e. The van der Waals surface area contributed by atoms with Gasteiger partial charge in [0.15, 0.2) is 11.6 Å². The van der Waals surface area contributed by atoms with Gasteiger partial charge in [0.1, 0.15) is 5.69 Å². The molecule has 6 heteroatoms. The first-order chi connectivity index (χ1) is 14.0. The molecule has 0 saturated heterocycles. The minimum atomic E-state index is -1.01. The molecule has 5 rings (SSSR count). The number of rotatable bonds is 5. The van der Waals surface area contributed by atoms with Crippen LogP contribution in [0.2, 0.25) is 0 Å². The molecule has 2 fully saturated rings. The number of anilines is 1. The predicted octanol–water partition coefficient (Wildman–Crippen LogP) is 5.13. The van der Waals surface area contributed by atoms with Crippen LogP contribution in [0.25, 0.3) is 11.3 Å². The molecule has 1 amide bonds. The van der Waals surface area contributed by atoms with Gasteiger partial charge < -0.3 is 5.32 Å². The smallest absolute Gasteiger partial charge is 0.259 e. The van der Waals surface area contributed by atoms with E-state index in [1.54, 1.807) is 7.05 Å². The first-order valence-electron chi connectivity index (χ1n) is 9.91. The van der Waals surface area contributed by atoms with E-state index in [2.05, 4.69) is 16.5 Å². The Morgan fingerprint density at radius 2 is 1.93 bits per heavy atom. The van der Waals surface area contributed by atoms with Crippen LogP contribution >= 0.6 is 0 Å². The van der Waals surface area contributed by atoms with Gasteiger partial charge in [0, 0.05) is 24.5 Å². The van der Waals surface area contributed by atoms with Crippen molar-refractivity contribution in [1.82, 2.24) is 9.78 Å². The number of halogens is 2. The van der Waals surface area contributed by atoms with Crippen molar-refractivity contribution >= 4 is 11.6 Å². The number of benzene rings is 2. The molecule has 3 aromatic rings. The number of carbonyl (C=O) groups is 1. The van der Waals surface area contributed by atoms with Crippen molar-refractivity contribution in [1.29, 1.82) is 0 Å². The second-order valence-corrected chi connectivity index (χ2v) is 8.05. The second-order valence-electron chi connectivity index (χ2n) is 8.05. The lowest BCUT2D eigenvalue weighted by atomic mass is 10.0. The van der Waals surface area contributed by atoms with E-state index in [0.717, 1.165) is 29.2 Å². The van der Waals surface area contributed by atoms with Gasteiger partial charge in [-0.2, -0.15) is 5.10 Å². The van der Waals surface area contributed by atoms with Gasteiger partial charge in [-0.25, -0.2) is 8.78 Å². The van der Waals surface area contributed by atoms with Crippen LogP contribution in [0.5, 0.6) is 0 Å². The highest BCUT2D eigenvalue weighted by Crippen LogP contribution is 2.60. The molecule has 2 atom stereocenters. The summed E-state index contributed by atoms with van der Waals surface area (Å²) in [5.41, 5.74) is 2.24. The zero-order valence-electron chi connectivity index (χ0n) is 16.0. The molecule has 2 aliphatic carbocycles. The fourth-order valence-corrected chi connectivity index (χ4v) is 4.28. The Hall–Kier alpha value is -3.02. The molecule has 0 aliphatic heterocycles. The van der Waals surface area contributed by atoms with Gasteiger partial charge in [-0.3, -0.25) is 9.48 Å². The molecule has 0 unspecified atom stereocenters. The number of hydrogen-bond acceptors (Lipinski definition) is 2. The third-order valence-electron chi connectivity index (χ3n) is 5.96. The summed E-state index contributed by atoms with van der Waals surface area (Å²) in [6.45, 7) is 0. The standard InChI is InChI=1S/C23H21F2N3O/c1-28-12-18(22(27-28)15-6-4-7-19(24)21(15)25)23(29)26-20-8-3-2-5-14(20)17-11-16(17)13-9-10-13/h2-8,12-13,16-17H,9-11H2,1H3,(H,26,29)/t16-,17-/m0/s1. The van der Waals surface area contributed by atoms with Crippen molar-refractivity contribution in [2.24, 2.45) is 18.9 Å². The van der Waals surface area contributed by atoms with Crippen LogP contribution in [0.3, 0.4) is 0 Å². The minimum Gasteiger partial charge on any atom is -0.322 e. The van der Waals surface area contributed by atoms with Gasteiger partial charge in [0.25, 0.3) is 5.91 Å². The SMILES string of the molecule is Cn1cc(C(=O)Nc2ccccc2[C@@H]2C[C@H]2C2CC2)c(-c2cccc(F)c2F)n1. The van der Waals surface area contributed by atoms with Gasteiger partial charge in [0.05, 0.1) is 5.56 Å². The van der Waals surface area contributed by atoms with E-state index in [0.29, 0.717) is 5.92 Å². The Bertz CT molecular complexity index is 1100. The maximum Gasteiger partial charge on any atom is 0.259 e. The molecular weight excluding hydrogens is 372 g/mol. The third-order valence-corrected chi connectivity index (χ3v) is 5.96. The van der Waals surface area contributed by atoms with E-state index in [-0.39, 0.29) is 22.7 Å². The average molecular weight is 393 g/mol. The fourth-order valence-electron chi connectivity index (χ4n) is 4.28. The molecule has 1 heterocycles. The van der Waals surface area contributed by atoms with E-state index in [1.807, 2.05) is 18.2 Å². The summed E-state index contributed by atoms with van der Waals surface area (Å²) in [5, 5.41) is 7.19. The van der Waals surface area contributed by atoms with Crippen molar-refractivity contribution in [3.8, 4) is 11.3 Å². The summed E-state index contributed by atoms with van der Waals surface area (Å²) in [6, 6.07) is 11.7. The van der Waals surface area contributed by atoms with Crippen molar-refractivity contribution < 1.29 is 13.6 Å². The van der Waals surface area contributed by atoms with Crippen molar-refractivity contribution in [3.63, 3.8) is 0 Å². The van der Waals surface area contributed by atoms with Crippen LogP contribution in [-0.4, -0.2) is 15.7 Å². The molecule has 0 radical (unpaired) electrons. The van der Waals surface area contributed by atoms with Crippen molar-refractivity contribution in [2.75, 3.05) is 5.32 Å². The minimum absolute atomic E-state index is 0.0278. The number of aromatic nitrogens is 2. The molecule has 0 bridgehead atoms. The van der Waals surface area contributed by atoms with E-state index in [4.69, 9.17) is 0 Å². The van der Waals surface area contributed by atoms with E-state index in [9.17, 15) is 13.6 Å². The number of amides is 1. The lowest BCUT2D eigenvalue weighted by Crippen LogP contribution is -2.14. The molecule has 2 saturated carbocycles. The molecular formula is C23H21F2N3O. The van der Waals surface area contributed by atoms with Crippen LogP contribution in [0.4, 0.5) is 14.5 Å². The van der Waals surface area contributed by atoms with Crippen LogP contribution in [-0.2, 0) is 7.05 Å². The highest BCUT2D eigenvalue weighted by molar-refractivity contribution is 6.08. The van der Waals surface area contributed by atoms with Gasteiger partial charge in [0.2, 0.25) is 0 Å². The summed E-state index contributed by atoms with van der Waals surface area (Å²) in [6.07, 6.45) is 5.33. The quantitative estimate of drug-likeness (QED) is 0.653. The van der Waals surface area contributed by atoms with Crippen LogP contribution < -0.4 is 5.32 Å². The number of hydrogen-bond donors (Lipinski definition) is 1. The maximum atomic E-state index is 14.3. The first-order valence-corrected chi connectivity index (χ1v) is 9.91. The summed E-state index contributed by atoms with van der Waals surface area (Å²) in [4.78, 5) is 13.1. The zero-order chi connectivity index (χ0) is 20.1. The molecule has 29 heavy (non-hydrogen) atoms. The summed E-state index contributed by atoms with van der Waals surface area (Å²) in [5.74, 6) is -0.301. The molecule has 1 aromatic heterocycles. The Labute approximate surface area is 167 Å². The fraction of sp³-hybridized carbons (Fsp3) is 0.304. The molecule has 1 N–H and O–H groups in total. The average Bonchev–Trinajstić information content (AvgIpc) is 3.61. The Morgan fingerprint density at radius 3 is 2.72 bits per heavy atom. The van der Waals surface area contributed by atoms with Crippen molar-refractivity contribution in [2.45, 2.75) is 25.2 Å². The highest BCUT2D eigenvalue weighted by Gasteiger charge is 2.48. The molecule has 2 aromatic carbocycles. The number of carbonyl (C=O) groups excluding carboxylic acids is 1. The number of nitrogens with zero attached hydrogens (tertiary/aromatic N) is 2. The van der Waals surface area contributed by atoms with Crippen LogP contribution in [0, 0.1) is 23.5 Å². The summed E-state index contributed by atoms with van der Waals surface area (Å²) in [7, 11) is 1.65.